The summed E-state index contributed by atoms with van der Waals surface area (Å²) in [6, 6.07) is 11.6. The van der Waals surface area contributed by atoms with Gasteiger partial charge in [-0.2, -0.15) is 4.98 Å². The van der Waals surface area contributed by atoms with Gasteiger partial charge in [0.15, 0.2) is 0 Å². The summed E-state index contributed by atoms with van der Waals surface area (Å²) in [6.45, 7) is 4.15. The number of benzene rings is 1. The predicted octanol–water partition coefficient (Wildman–Crippen LogP) is 3.00. The zero-order chi connectivity index (χ0) is 23.3. The van der Waals surface area contributed by atoms with Crippen molar-refractivity contribution in [2.24, 2.45) is 5.92 Å². The van der Waals surface area contributed by atoms with E-state index in [0.29, 0.717) is 17.5 Å². The van der Waals surface area contributed by atoms with Gasteiger partial charge in [-0.3, -0.25) is 9.69 Å². The van der Waals surface area contributed by atoms with Gasteiger partial charge in [-0.1, -0.05) is 17.3 Å². The summed E-state index contributed by atoms with van der Waals surface area (Å²) in [5, 5.41) is 3.93. The highest BCUT2D eigenvalue weighted by Crippen LogP contribution is 2.30. The van der Waals surface area contributed by atoms with Crippen molar-refractivity contribution in [1.29, 1.82) is 0 Å². The minimum atomic E-state index is 0.0618. The number of rotatable bonds is 6. The fourth-order valence-electron chi connectivity index (χ4n) is 4.86. The number of pyridine rings is 1. The highest BCUT2D eigenvalue weighted by molar-refractivity contribution is 5.79. The maximum Gasteiger partial charge on any atom is 0.225 e. The Morgan fingerprint density at radius 3 is 2.59 bits per heavy atom. The molecule has 0 saturated carbocycles. The van der Waals surface area contributed by atoms with Gasteiger partial charge in [0.05, 0.1) is 5.56 Å². The van der Waals surface area contributed by atoms with Crippen LogP contribution in [0.5, 0.6) is 5.75 Å². The molecular formula is C25H30N6O3. The Bertz CT molecular complexity index is 1090. The molecule has 2 aliphatic heterocycles. The lowest BCUT2D eigenvalue weighted by Crippen LogP contribution is -2.46. The zero-order valence-corrected chi connectivity index (χ0v) is 19.2. The van der Waals surface area contributed by atoms with Crippen molar-refractivity contribution in [3.05, 3.63) is 54.6 Å². The summed E-state index contributed by atoms with van der Waals surface area (Å²) in [6.07, 6.45) is 6.55. The van der Waals surface area contributed by atoms with Gasteiger partial charge in [-0.15, -0.1) is 0 Å². The molecule has 0 bridgehead atoms. The topological polar surface area (TPSA) is 111 Å². The third kappa shape index (κ3) is 5.20. The number of likely N-dealkylation sites (tertiary alicyclic amines) is 2. The van der Waals surface area contributed by atoms with Crippen molar-refractivity contribution in [1.82, 2.24) is 24.9 Å². The number of anilines is 1. The van der Waals surface area contributed by atoms with E-state index in [-0.39, 0.29) is 12.0 Å². The van der Waals surface area contributed by atoms with Crippen LogP contribution in [0.2, 0.25) is 0 Å². The molecule has 4 heterocycles. The summed E-state index contributed by atoms with van der Waals surface area (Å²) in [4.78, 5) is 25.8. The quantitative estimate of drug-likeness (QED) is 0.595. The molecular weight excluding hydrogens is 432 g/mol. The van der Waals surface area contributed by atoms with Crippen molar-refractivity contribution < 1.29 is 14.1 Å². The van der Waals surface area contributed by atoms with Crippen molar-refractivity contribution in [2.75, 3.05) is 31.9 Å². The van der Waals surface area contributed by atoms with Crippen LogP contribution < -0.4 is 10.5 Å². The minimum Gasteiger partial charge on any atom is -0.490 e. The molecule has 178 valence electrons. The van der Waals surface area contributed by atoms with E-state index < -0.39 is 0 Å². The Labute approximate surface area is 198 Å². The number of carbonyl (C=O) groups excluding carboxylic acids is 1. The van der Waals surface area contributed by atoms with E-state index in [1.54, 1.807) is 6.20 Å². The van der Waals surface area contributed by atoms with Crippen molar-refractivity contribution in [3.63, 3.8) is 0 Å². The van der Waals surface area contributed by atoms with Gasteiger partial charge in [0.2, 0.25) is 18.1 Å². The maximum atomic E-state index is 13.2. The molecule has 2 aliphatic rings. The lowest BCUT2D eigenvalue weighted by molar-refractivity contribution is -0.139. The standard InChI is InChI=1S/C25H30N6O3/c26-23-15-18(5-10-27-23)16-30-11-6-19(7-12-30)25(32)31-13-8-20(9-14-31)34-22-4-2-1-3-21(22)24-28-17-33-29-24/h1-5,10,15,17,19-20H,6-9,11-14,16H2,(H2,26,27). The first-order valence-electron chi connectivity index (χ1n) is 11.9. The van der Waals surface area contributed by atoms with E-state index in [1.165, 1.54) is 12.0 Å². The molecule has 0 atom stereocenters. The number of ether oxygens (including phenoxy) is 1. The second-order valence-electron chi connectivity index (χ2n) is 9.03. The number of nitrogens with two attached hydrogens (primary N) is 1. The molecule has 0 radical (unpaired) electrons. The number of nitrogens with zero attached hydrogens (tertiary/aromatic N) is 5. The molecule has 34 heavy (non-hydrogen) atoms. The number of nitrogen functional groups attached to an aromatic ring is 1. The SMILES string of the molecule is Nc1cc(CN2CCC(C(=O)N3CCC(Oc4ccccc4-c4ncon4)CC3)CC2)ccn1. The Morgan fingerprint density at radius 1 is 1.06 bits per heavy atom. The number of hydrogen-bond donors (Lipinski definition) is 1. The molecule has 0 unspecified atom stereocenters. The Morgan fingerprint density at radius 2 is 1.85 bits per heavy atom. The number of para-hydroxylation sites is 1. The van der Waals surface area contributed by atoms with Gasteiger partial charge >= 0.3 is 0 Å². The van der Waals surface area contributed by atoms with Crippen LogP contribution in [0, 0.1) is 5.92 Å². The van der Waals surface area contributed by atoms with Gasteiger partial charge in [-0.25, -0.2) is 4.98 Å². The molecule has 5 rings (SSSR count). The van der Waals surface area contributed by atoms with E-state index in [9.17, 15) is 4.79 Å². The molecule has 2 fully saturated rings. The average Bonchev–Trinajstić information content (AvgIpc) is 3.40. The number of carbonyl (C=O) groups is 1. The van der Waals surface area contributed by atoms with E-state index in [1.807, 2.05) is 41.3 Å². The van der Waals surface area contributed by atoms with Crippen LogP contribution in [0.1, 0.15) is 31.2 Å². The van der Waals surface area contributed by atoms with Gasteiger partial charge in [-0.05, 0) is 55.8 Å². The molecule has 2 N–H and O–H groups in total. The third-order valence-electron chi connectivity index (χ3n) is 6.73. The van der Waals surface area contributed by atoms with E-state index >= 15 is 0 Å². The lowest BCUT2D eigenvalue weighted by Gasteiger charge is -2.37. The molecule has 2 aromatic heterocycles. The van der Waals surface area contributed by atoms with Crippen LogP contribution in [0.4, 0.5) is 5.82 Å². The van der Waals surface area contributed by atoms with Crippen LogP contribution in [0.15, 0.2) is 53.5 Å². The van der Waals surface area contributed by atoms with E-state index in [2.05, 4.69) is 20.0 Å². The van der Waals surface area contributed by atoms with Crippen LogP contribution in [0.3, 0.4) is 0 Å². The predicted molar refractivity (Wildman–Crippen MR) is 127 cm³/mol. The summed E-state index contributed by atoms with van der Waals surface area (Å²) in [5.74, 6) is 2.21. The van der Waals surface area contributed by atoms with Gasteiger partial charge in [0, 0.05) is 44.6 Å². The van der Waals surface area contributed by atoms with Crippen molar-refractivity contribution >= 4 is 11.7 Å². The second kappa shape index (κ2) is 10.2. The van der Waals surface area contributed by atoms with E-state index in [0.717, 1.165) is 69.7 Å². The molecule has 1 amide bonds. The molecule has 0 spiro atoms. The summed E-state index contributed by atoms with van der Waals surface area (Å²) >= 11 is 0. The fraction of sp³-hybridized carbons (Fsp3) is 0.440. The number of piperidine rings is 2. The molecule has 1 aromatic carbocycles. The number of aromatic nitrogens is 3. The normalized spacial score (nSPS) is 18.2. The minimum absolute atomic E-state index is 0.0618. The van der Waals surface area contributed by atoms with Crippen molar-refractivity contribution in [2.45, 2.75) is 38.3 Å². The molecule has 9 nitrogen and oxygen atoms in total. The monoisotopic (exact) mass is 462 g/mol. The summed E-state index contributed by atoms with van der Waals surface area (Å²) in [7, 11) is 0. The van der Waals surface area contributed by atoms with Gasteiger partial charge < -0.3 is 19.9 Å². The number of hydrogen-bond acceptors (Lipinski definition) is 8. The molecule has 3 aromatic rings. The molecule has 0 aliphatic carbocycles. The Hall–Kier alpha value is -3.46. The highest BCUT2D eigenvalue weighted by Gasteiger charge is 2.31. The Kier molecular flexibility index (Phi) is 6.71. The van der Waals surface area contributed by atoms with Gasteiger partial charge in [0.1, 0.15) is 17.7 Å². The highest BCUT2D eigenvalue weighted by atomic mass is 16.5. The third-order valence-corrected chi connectivity index (χ3v) is 6.73. The second-order valence-corrected chi connectivity index (χ2v) is 9.03. The first-order valence-corrected chi connectivity index (χ1v) is 11.9. The van der Waals surface area contributed by atoms with Crippen LogP contribution in [0.25, 0.3) is 11.4 Å². The van der Waals surface area contributed by atoms with Gasteiger partial charge in [0.25, 0.3) is 0 Å². The van der Waals surface area contributed by atoms with Crippen LogP contribution in [-0.4, -0.2) is 63.1 Å². The lowest BCUT2D eigenvalue weighted by atomic mass is 9.94. The molecule has 2 saturated heterocycles. The van der Waals surface area contributed by atoms with Crippen molar-refractivity contribution in [3.8, 4) is 17.1 Å². The van der Waals surface area contributed by atoms with Crippen LogP contribution >= 0.6 is 0 Å². The summed E-state index contributed by atoms with van der Waals surface area (Å²) < 4.78 is 11.2. The zero-order valence-electron chi connectivity index (χ0n) is 19.2. The summed E-state index contributed by atoms with van der Waals surface area (Å²) in [5.41, 5.74) is 7.77. The largest absolute Gasteiger partial charge is 0.490 e. The Balaban J connectivity index is 1.10. The van der Waals surface area contributed by atoms with E-state index in [4.69, 9.17) is 15.0 Å². The average molecular weight is 463 g/mol. The smallest absolute Gasteiger partial charge is 0.225 e. The molecule has 9 heteroatoms. The van der Waals surface area contributed by atoms with Crippen LogP contribution in [-0.2, 0) is 11.3 Å². The first kappa shape index (κ1) is 22.3. The fourth-order valence-corrected chi connectivity index (χ4v) is 4.86. The maximum absolute atomic E-state index is 13.2. The number of amides is 1. The first-order chi connectivity index (χ1) is 16.7.